The van der Waals surface area contributed by atoms with Crippen LogP contribution in [0.5, 0.6) is 0 Å². The summed E-state index contributed by atoms with van der Waals surface area (Å²) in [6, 6.07) is 54.9. The van der Waals surface area contributed by atoms with E-state index in [2.05, 4.69) is 214 Å². The van der Waals surface area contributed by atoms with Crippen molar-refractivity contribution in [3.05, 3.63) is 193 Å². The van der Waals surface area contributed by atoms with E-state index in [0.717, 1.165) is 57.4 Å². The first-order valence-corrected chi connectivity index (χ1v) is 27.9. The van der Waals surface area contributed by atoms with Crippen molar-refractivity contribution in [1.82, 2.24) is 15.0 Å². The molecule has 0 N–H and O–H groups in total. The summed E-state index contributed by atoms with van der Waals surface area (Å²) in [5.74, 6) is 1.05. The summed E-state index contributed by atoms with van der Waals surface area (Å²) in [5, 5.41) is 3.79. The van der Waals surface area contributed by atoms with Crippen LogP contribution in [0.3, 0.4) is 0 Å². The topological polar surface area (TPSA) is 51.8 Å². The van der Waals surface area contributed by atoms with Crippen molar-refractivity contribution in [2.75, 3.05) is 0 Å². The summed E-state index contributed by atoms with van der Waals surface area (Å²) in [7, 11) is -1.36. The van der Waals surface area contributed by atoms with Crippen molar-refractivity contribution in [3.8, 4) is 44.9 Å². The molecule has 9 rings (SSSR count). The van der Waals surface area contributed by atoms with Crippen molar-refractivity contribution >= 4 is 35.2 Å². The first kappa shape index (κ1) is 52.6. The molecule has 6 heteroatoms. The Bertz CT molecular complexity index is 3050. The number of hydrogen-bond acceptors (Lipinski definition) is 4. The zero-order valence-electron chi connectivity index (χ0n) is 42.9. The molecule has 1 atom stereocenters. The van der Waals surface area contributed by atoms with Crippen LogP contribution in [0.1, 0.15) is 84.9 Å². The summed E-state index contributed by atoms with van der Waals surface area (Å²) in [5.41, 5.74) is 15.5. The Labute approximate surface area is 427 Å². The SMILES string of the molecule is CC(C)(C)Cc1cc(-c2ccccc2)ncc1[Si](C)(C)C.CC(C)(C)Cc1ccnc(-c2ccccc2)c1.CC(C)C(C)c1ccnc(-c2ccc(-c3ccccc3)c3c2oc2ccccc23)c1.[Ir]. The molecule has 0 saturated carbocycles. The summed E-state index contributed by atoms with van der Waals surface area (Å²) in [6.45, 7) is 27.7. The molecule has 1 radical (unpaired) electrons. The van der Waals surface area contributed by atoms with Gasteiger partial charge in [-0.2, -0.15) is 0 Å². The van der Waals surface area contributed by atoms with Crippen LogP contribution in [-0.4, -0.2) is 23.0 Å². The molecule has 357 valence electrons. The second-order valence-corrected chi connectivity index (χ2v) is 27.1. The maximum atomic E-state index is 6.41. The Morgan fingerprint density at radius 1 is 0.522 bits per heavy atom. The predicted octanol–water partition coefficient (Wildman–Crippen LogP) is 17.3. The molecular formula is C63H71IrN3OSi. The number of furan rings is 1. The molecule has 4 aromatic heterocycles. The number of rotatable bonds is 9. The largest absolute Gasteiger partial charge is 0.455 e. The number of para-hydroxylation sites is 1. The summed E-state index contributed by atoms with van der Waals surface area (Å²) in [6.07, 6.45) is 8.15. The van der Waals surface area contributed by atoms with Gasteiger partial charge in [-0.3, -0.25) is 15.0 Å². The van der Waals surface area contributed by atoms with Gasteiger partial charge in [-0.25, -0.2) is 0 Å². The molecule has 1 unspecified atom stereocenters. The number of hydrogen-bond donors (Lipinski definition) is 0. The van der Waals surface area contributed by atoms with E-state index in [-0.39, 0.29) is 20.1 Å². The fourth-order valence-electron chi connectivity index (χ4n) is 8.77. The van der Waals surface area contributed by atoms with Crippen LogP contribution in [-0.2, 0) is 32.9 Å². The number of aromatic nitrogens is 3. The van der Waals surface area contributed by atoms with Gasteiger partial charge in [0, 0.05) is 66.2 Å². The molecule has 69 heavy (non-hydrogen) atoms. The number of nitrogens with zero attached hydrogens (tertiary/aromatic N) is 3. The summed E-state index contributed by atoms with van der Waals surface area (Å²) in [4.78, 5) is 13.9. The Balaban J connectivity index is 0.000000177. The maximum Gasteiger partial charge on any atom is 0.145 e. The van der Waals surface area contributed by atoms with E-state index in [1.54, 1.807) is 0 Å². The molecule has 4 nitrogen and oxygen atoms in total. The van der Waals surface area contributed by atoms with E-state index >= 15 is 0 Å². The van der Waals surface area contributed by atoms with Gasteiger partial charge in [-0.05, 0) is 111 Å². The standard InChI is InChI=1S/C28H25NO.C19H27NSi.C16H19N.Ir/c1-18(2)19(3)21-15-16-29-25(17-21)23-14-13-22(20-9-5-4-6-10-20)27-24-11-7-8-12-26(24)30-28(23)27;1-19(2,3)13-16-12-17(15-10-8-7-9-11-15)20-14-18(16)21(4,5)6;1-16(2,3)12-13-9-10-17-15(11-13)14-7-5-4-6-8-14;/h4-19H,1-3H3;7-12,14H,13H2,1-6H3;4-11H,12H2,1-3H3;. The quantitative estimate of drug-likeness (QED) is 0.135. The van der Waals surface area contributed by atoms with Crippen molar-refractivity contribution in [2.24, 2.45) is 16.7 Å². The first-order chi connectivity index (χ1) is 32.3. The Morgan fingerprint density at radius 3 is 1.62 bits per heavy atom. The molecule has 0 aliphatic carbocycles. The molecule has 0 amide bonds. The maximum absolute atomic E-state index is 6.41. The van der Waals surface area contributed by atoms with Crippen molar-refractivity contribution in [2.45, 2.75) is 101 Å². The average molecular weight is 1110 g/mol. The van der Waals surface area contributed by atoms with Crippen LogP contribution in [0.15, 0.2) is 181 Å². The number of pyridine rings is 3. The summed E-state index contributed by atoms with van der Waals surface area (Å²) >= 11 is 0. The molecule has 9 aromatic rings. The minimum absolute atomic E-state index is 0. The smallest absolute Gasteiger partial charge is 0.145 e. The van der Waals surface area contributed by atoms with Crippen LogP contribution >= 0.6 is 0 Å². The van der Waals surface area contributed by atoms with Crippen LogP contribution < -0.4 is 5.19 Å². The van der Waals surface area contributed by atoms with Gasteiger partial charge < -0.3 is 4.42 Å². The molecule has 0 bridgehead atoms. The fraction of sp³-hybridized carbons (Fsp3) is 0.286. The van der Waals surface area contributed by atoms with E-state index in [1.807, 2.05) is 48.8 Å². The molecule has 0 aliphatic rings. The minimum atomic E-state index is -1.36. The first-order valence-electron chi connectivity index (χ1n) is 24.4. The van der Waals surface area contributed by atoms with E-state index in [0.29, 0.717) is 22.7 Å². The molecule has 0 aliphatic heterocycles. The molecule has 0 fully saturated rings. The third kappa shape index (κ3) is 13.9. The van der Waals surface area contributed by atoms with Crippen LogP contribution in [0.2, 0.25) is 19.6 Å². The monoisotopic (exact) mass is 1110 g/mol. The summed E-state index contributed by atoms with van der Waals surface area (Å²) < 4.78 is 6.41. The minimum Gasteiger partial charge on any atom is -0.455 e. The second kappa shape index (κ2) is 22.8. The molecule has 0 spiro atoms. The van der Waals surface area contributed by atoms with Gasteiger partial charge in [0.15, 0.2) is 0 Å². The number of benzene rings is 5. The van der Waals surface area contributed by atoms with E-state index < -0.39 is 8.07 Å². The van der Waals surface area contributed by atoms with Crippen LogP contribution in [0.25, 0.3) is 66.8 Å². The van der Waals surface area contributed by atoms with Gasteiger partial charge in [-0.15, -0.1) is 0 Å². The average Bonchev–Trinajstić information content (AvgIpc) is 3.71. The third-order valence-electron chi connectivity index (χ3n) is 12.4. The van der Waals surface area contributed by atoms with Crippen molar-refractivity contribution in [1.29, 1.82) is 0 Å². The Kier molecular flexibility index (Phi) is 17.3. The van der Waals surface area contributed by atoms with E-state index in [9.17, 15) is 0 Å². The van der Waals surface area contributed by atoms with Gasteiger partial charge in [0.1, 0.15) is 11.2 Å². The van der Waals surface area contributed by atoms with E-state index in [1.165, 1.54) is 44.1 Å². The Morgan fingerprint density at radius 2 is 1.04 bits per heavy atom. The van der Waals surface area contributed by atoms with E-state index in [4.69, 9.17) is 14.4 Å². The second-order valence-electron chi connectivity index (χ2n) is 22.1. The number of fused-ring (bicyclic) bond motifs is 3. The molecule has 4 heterocycles. The molecular weight excluding hydrogens is 1040 g/mol. The molecule has 5 aromatic carbocycles. The van der Waals surface area contributed by atoms with Gasteiger partial charge in [-0.1, -0.05) is 197 Å². The normalized spacial score (nSPS) is 12.1. The van der Waals surface area contributed by atoms with Gasteiger partial charge >= 0.3 is 0 Å². The van der Waals surface area contributed by atoms with Crippen molar-refractivity contribution < 1.29 is 24.5 Å². The Hall–Kier alpha value is -5.78. The van der Waals surface area contributed by atoms with Crippen molar-refractivity contribution in [3.63, 3.8) is 0 Å². The third-order valence-corrected chi connectivity index (χ3v) is 14.5. The van der Waals surface area contributed by atoms with Gasteiger partial charge in [0.05, 0.1) is 25.2 Å². The zero-order valence-corrected chi connectivity index (χ0v) is 46.3. The van der Waals surface area contributed by atoms with Gasteiger partial charge in [0.25, 0.3) is 0 Å². The van der Waals surface area contributed by atoms with Crippen LogP contribution in [0.4, 0.5) is 0 Å². The fourth-order valence-corrected chi connectivity index (χ4v) is 10.3. The predicted molar refractivity (Wildman–Crippen MR) is 294 cm³/mol. The zero-order chi connectivity index (χ0) is 48.6. The van der Waals surface area contributed by atoms with Gasteiger partial charge in [0.2, 0.25) is 0 Å². The molecule has 0 saturated heterocycles. The van der Waals surface area contributed by atoms with Crippen LogP contribution in [0, 0.1) is 16.7 Å².